The van der Waals surface area contributed by atoms with Gasteiger partial charge in [0.05, 0.1) is 19.1 Å². The highest BCUT2D eigenvalue weighted by atomic mass is 16.5. The number of aryl methyl sites for hydroxylation is 1. The van der Waals surface area contributed by atoms with Crippen molar-refractivity contribution in [2.24, 2.45) is 0 Å². The van der Waals surface area contributed by atoms with Gasteiger partial charge in [0.1, 0.15) is 5.75 Å². The zero-order valence-electron chi connectivity index (χ0n) is 14.6. The largest absolute Gasteiger partial charge is 0.493 e. The molecule has 0 aliphatic carbocycles. The number of pyridine rings is 1. The van der Waals surface area contributed by atoms with Gasteiger partial charge in [0.15, 0.2) is 0 Å². The molecule has 0 fully saturated rings. The van der Waals surface area contributed by atoms with Gasteiger partial charge in [-0.1, -0.05) is 25.1 Å². The Labute approximate surface area is 143 Å². The second-order valence-electron chi connectivity index (χ2n) is 5.65. The number of rotatable bonds is 8. The van der Waals surface area contributed by atoms with Crippen LogP contribution in [0, 0.1) is 0 Å². The van der Waals surface area contributed by atoms with Crippen LogP contribution in [0.5, 0.6) is 5.75 Å². The van der Waals surface area contributed by atoms with Crippen molar-refractivity contribution in [1.29, 1.82) is 0 Å². The predicted molar refractivity (Wildman–Crippen MR) is 94.3 cm³/mol. The second kappa shape index (κ2) is 9.06. The Balaban J connectivity index is 1.84. The Bertz CT molecular complexity index is 635. The fraction of sp³-hybridized carbons (Fsp3) is 0.400. The standard InChI is InChI=1S/C20H25NO3/c1-4-16-6-9-18(21-14-16)12-13-24-19-10-7-17(8-11-19)15(3)20(22)23-5-2/h6-11,14-15H,4-5,12-13H2,1-3H3/t15-/m0/s1. The van der Waals surface area contributed by atoms with E-state index in [-0.39, 0.29) is 11.9 Å². The molecule has 0 unspecified atom stereocenters. The van der Waals surface area contributed by atoms with Crippen LogP contribution in [0.2, 0.25) is 0 Å². The summed E-state index contributed by atoms with van der Waals surface area (Å²) < 4.78 is 10.8. The molecule has 0 bridgehead atoms. The van der Waals surface area contributed by atoms with Gasteiger partial charge in [-0.3, -0.25) is 9.78 Å². The zero-order valence-corrected chi connectivity index (χ0v) is 14.6. The predicted octanol–water partition coefficient (Wildman–Crippen LogP) is 3.93. The van der Waals surface area contributed by atoms with E-state index >= 15 is 0 Å². The highest BCUT2D eigenvalue weighted by molar-refractivity contribution is 5.77. The lowest BCUT2D eigenvalue weighted by atomic mass is 10.0. The van der Waals surface area contributed by atoms with Crippen LogP contribution in [0.3, 0.4) is 0 Å². The molecular weight excluding hydrogens is 302 g/mol. The monoisotopic (exact) mass is 327 g/mol. The number of ether oxygens (including phenoxy) is 2. The van der Waals surface area contributed by atoms with Crippen molar-refractivity contribution in [1.82, 2.24) is 4.98 Å². The highest BCUT2D eigenvalue weighted by Gasteiger charge is 2.16. The Morgan fingerprint density at radius 1 is 1.12 bits per heavy atom. The molecule has 0 radical (unpaired) electrons. The first-order valence-corrected chi connectivity index (χ1v) is 8.47. The molecule has 24 heavy (non-hydrogen) atoms. The van der Waals surface area contributed by atoms with E-state index in [1.165, 1.54) is 5.56 Å². The quantitative estimate of drug-likeness (QED) is 0.689. The fourth-order valence-electron chi connectivity index (χ4n) is 2.34. The minimum absolute atomic E-state index is 0.201. The van der Waals surface area contributed by atoms with Gasteiger partial charge in [0, 0.05) is 18.3 Å². The van der Waals surface area contributed by atoms with Crippen LogP contribution in [-0.4, -0.2) is 24.2 Å². The van der Waals surface area contributed by atoms with Crippen LogP contribution in [0.1, 0.15) is 43.5 Å². The molecule has 0 saturated heterocycles. The third-order valence-corrected chi connectivity index (χ3v) is 3.94. The van der Waals surface area contributed by atoms with Crippen LogP contribution in [0.15, 0.2) is 42.6 Å². The molecule has 0 amide bonds. The number of aromatic nitrogens is 1. The van der Waals surface area contributed by atoms with Gasteiger partial charge in [0.25, 0.3) is 0 Å². The van der Waals surface area contributed by atoms with Crippen molar-refractivity contribution >= 4 is 5.97 Å². The maximum absolute atomic E-state index is 11.7. The second-order valence-corrected chi connectivity index (χ2v) is 5.65. The number of hydrogen-bond acceptors (Lipinski definition) is 4. The first kappa shape index (κ1) is 18.0. The molecule has 1 aromatic heterocycles. The minimum Gasteiger partial charge on any atom is -0.493 e. The Kier molecular flexibility index (Phi) is 6.79. The number of benzene rings is 1. The molecule has 1 heterocycles. The van der Waals surface area contributed by atoms with Gasteiger partial charge >= 0.3 is 5.97 Å². The lowest BCUT2D eigenvalue weighted by molar-refractivity contribution is -0.144. The molecule has 0 aliphatic heterocycles. The lowest BCUT2D eigenvalue weighted by Crippen LogP contribution is -2.12. The van der Waals surface area contributed by atoms with E-state index in [0.717, 1.165) is 29.8 Å². The summed E-state index contributed by atoms with van der Waals surface area (Å²) in [6, 6.07) is 11.7. The van der Waals surface area contributed by atoms with Crippen molar-refractivity contribution < 1.29 is 14.3 Å². The average Bonchev–Trinajstić information content (AvgIpc) is 2.62. The normalized spacial score (nSPS) is 11.8. The summed E-state index contributed by atoms with van der Waals surface area (Å²) in [6.45, 7) is 6.75. The topological polar surface area (TPSA) is 48.4 Å². The van der Waals surface area contributed by atoms with Crippen LogP contribution in [0.25, 0.3) is 0 Å². The third-order valence-electron chi connectivity index (χ3n) is 3.94. The Morgan fingerprint density at radius 3 is 2.46 bits per heavy atom. The fourth-order valence-corrected chi connectivity index (χ4v) is 2.34. The summed E-state index contributed by atoms with van der Waals surface area (Å²) in [5.74, 6) is 0.327. The Morgan fingerprint density at radius 2 is 1.88 bits per heavy atom. The molecule has 0 aliphatic rings. The van der Waals surface area contributed by atoms with E-state index in [1.807, 2.05) is 50.4 Å². The zero-order chi connectivity index (χ0) is 17.4. The number of carbonyl (C=O) groups excluding carboxylic acids is 1. The molecule has 128 valence electrons. The molecule has 0 N–H and O–H groups in total. The van der Waals surface area contributed by atoms with E-state index in [0.29, 0.717) is 13.2 Å². The van der Waals surface area contributed by atoms with Crippen LogP contribution < -0.4 is 4.74 Å². The van der Waals surface area contributed by atoms with E-state index in [9.17, 15) is 4.79 Å². The number of esters is 1. The molecule has 4 heteroatoms. The highest BCUT2D eigenvalue weighted by Crippen LogP contribution is 2.20. The van der Waals surface area contributed by atoms with E-state index in [1.54, 1.807) is 0 Å². The lowest BCUT2D eigenvalue weighted by Gasteiger charge is -2.12. The van der Waals surface area contributed by atoms with Gasteiger partial charge in [-0.25, -0.2) is 0 Å². The van der Waals surface area contributed by atoms with Crippen molar-refractivity contribution in [3.63, 3.8) is 0 Å². The maximum atomic E-state index is 11.7. The number of carbonyl (C=O) groups is 1. The summed E-state index contributed by atoms with van der Waals surface area (Å²) in [7, 11) is 0. The molecule has 2 aromatic rings. The summed E-state index contributed by atoms with van der Waals surface area (Å²) in [4.78, 5) is 16.2. The first-order valence-electron chi connectivity index (χ1n) is 8.47. The molecule has 1 aromatic carbocycles. The molecule has 4 nitrogen and oxygen atoms in total. The molecule has 1 atom stereocenters. The average molecular weight is 327 g/mol. The Hall–Kier alpha value is -2.36. The van der Waals surface area contributed by atoms with E-state index in [2.05, 4.69) is 18.0 Å². The molecule has 0 spiro atoms. The molecule has 2 rings (SSSR count). The van der Waals surface area contributed by atoms with Crippen LogP contribution in [0.4, 0.5) is 0 Å². The summed E-state index contributed by atoms with van der Waals surface area (Å²) in [6.07, 6.45) is 3.69. The van der Waals surface area contributed by atoms with Crippen LogP contribution in [-0.2, 0) is 22.4 Å². The van der Waals surface area contributed by atoms with E-state index < -0.39 is 0 Å². The van der Waals surface area contributed by atoms with Gasteiger partial charge in [-0.05, 0) is 49.6 Å². The summed E-state index contributed by atoms with van der Waals surface area (Å²) >= 11 is 0. The minimum atomic E-state index is -0.264. The van der Waals surface area contributed by atoms with Crippen molar-refractivity contribution in [2.75, 3.05) is 13.2 Å². The van der Waals surface area contributed by atoms with Gasteiger partial charge < -0.3 is 9.47 Å². The third kappa shape index (κ3) is 5.08. The number of hydrogen-bond donors (Lipinski definition) is 0. The van der Waals surface area contributed by atoms with Crippen molar-refractivity contribution in [2.45, 2.75) is 39.5 Å². The summed E-state index contributed by atoms with van der Waals surface area (Å²) in [5.41, 5.74) is 3.20. The smallest absolute Gasteiger partial charge is 0.313 e. The number of nitrogens with zero attached hydrogens (tertiary/aromatic N) is 1. The van der Waals surface area contributed by atoms with Gasteiger partial charge in [0.2, 0.25) is 0 Å². The summed E-state index contributed by atoms with van der Waals surface area (Å²) in [5, 5.41) is 0. The van der Waals surface area contributed by atoms with Crippen molar-refractivity contribution in [3.05, 3.63) is 59.4 Å². The van der Waals surface area contributed by atoms with Gasteiger partial charge in [-0.2, -0.15) is 0 Å². The first-order chi connectivity index (χ1) is 11.6. The molecule has 0 saturated carbocycles. The maximum Gasteiger partial charge on any atom is 0.313 e. The van der Waals surface area contributed by atoms with E-state index in [4.69, 9.17) is 9.47 Å². The van der Waals surface area contributed by atoms with Gasteiger partial charge in [-0.15, -0.1) is 0 Å². The molecular formula is C20H25NO3. The van der Waals surface area contributed by atoms with Crippen molar-refractivity contribution in [3.8, 4) is 5.75 Å². The SMILES string of the molecule is CCOC(=O)[C@@H](C)c1ccc(OCCc2ccc(CC)cn2)cc1. The van der Waals surface area contributed by atoms with Crippen LogP contribution >= 0.6 is 0 Å².